The fraction of sp³-hybridized carbons (Fsp3) is 0.480. The molecule has 3 atom stereocenters. The summed E-state index contributed by atoms with van der Waals surface area (Å²) in [5, 5.41) is 10.2. The monoisotopic (exact) mass is 459 g/mol. The number of Topliss-reactive ketones (excluding diaryl/α,β-unsaturated/α-hetero) is 1. The molecular formula is C25H30FNO6. The normalized spacial score (nSPS) is 16.3. The van der Waals surface area contributed by atoms with E-state index < -0.39 is 29.6 Å². The van der Waals surface area contributed by atoms with Gasteiger partial charge >= 0.3 is 5.97 Å². The molecule has 0 unspecified atom stereocenters. The van der Waals surface area contributed by atoms with Crippen molar-refractivity contribution in [1.29, 1.82) is 0 Å². The van der Waals surface area contributed by atoms with E-state index in [1.807, 2.05) is 6.92 Å². The number of esters is 1. The van der Waals surface area contributed by atoms with Crippen molar-refractivity contribution in [2.45, 2.75) is 51.6 Å². The molecule has 0 saturated heterocycles. The summed E-state index contributed by atoms with van der Waals surface area (Å²) in [6.07, 6.45) is 3.75. The number of carbonyl (C=O) groups excluding carboxylic acids is 2. The minimum atomic E-state index is -0.746. The second-order valence-corrected chi connectivity index (χ2v) is 8.48. The number of ketones is 1. The number of aromatic nitrogens is 1. The van der Waals surface area contributed by atoms with Gasteiger partial charge in [0.1, 0.15) is 17.7 Å². The van der Waals surface area contributed by atoms with Gasteiger partial charge in [0.05, 0.1) is 20.1 Å². The van der Waals surface area contributed by atoms with Gasteiger partial charge in [0.15, 0.2) is 23.0 Å². The Morgan fingerprint density at radius 2 is 1.85 bits per heavy atom. The van der Waals surface area contributed by atoms with Crippen LogP contribution in [0.15, 0.2) is 30.5 Å². The first kappa shape index (κ1) is 24.5. The lowest BCUT2D eigenvalue weighted by Gasteiger charge is -2.38. The number of rotatable bonds is 10. The number of halogens is 1. The van der Waals surface area contributed by atoms with Gasteiger partial charge in [-0.1, -0.05) is 19.4 Å². The molecule has 0 aliphatic heterocycles. The molecule has 0 spiro atoms. The smallest absolute Gasteiger partial charge is 0.309 e. The van der Waals surface area contributed by atoms with E-state index in [4.69, 9.17) is 14.2 Å². The fourth-order valence-corrected chi connectivity index (χ4v) is 4.29. The molecule has 0 radical (unpaired) electrons. The van der Waals surface area contributed by atoms with Crippen LogP contribution in [0.3, 0.4) is 0 Å². The van der Waals surface area contributed by atoms with Crippen LogP contribution < -0.4 is 9.47 Å². The number of aromatic hydroxyl groups is 1. The van der Waals surface area contributed by atoms with E-state index in [9.17, 15) is 19.1 Å². The Labute approximate surface area is 192 Å². The minimum Gasteiger partial charge on any atom is -0.503 e. The summed E-state index contributed by atoms with van der Waals surface area (Å²) in [5.74, 6) is -1.80. The summed E-state index contributed by atoms with van der Waals surface area (Å²) in [7, 11) is 2.86. The average molecular weight is 460 g/mol. The Bertz CT molecular complexity index is 1010. The van der Waals surface area contributed by atoms with Gasteiger partial charge in [-0.3, -0.25) is 9.59 Å². The molecule has 8 heteroatoms. The highest BCUT2D eigenvalue weighted by molar-refractivity contribution is 5.99. The van der Waals surface area contributed by atoms with Gasteiger partial charge in [-0.2, -0.15) is 0 Å². The molecule has 178 valence electrons. The van der Waals surface area contributed by atoms with Crippen molar-refractivity contribution in [3.63, 3.8) is 0 Å². The Kier molecular flexibility index (Phi) is 7.89. The molecule has 1 N–H and O–H groups in total. The van der Waals surface area contributed by atoms with Crippen LogP contribution in [0, 0.1) is 17.7 Å². The number of benzene rings is 1. The highest BCUT2D eigenvalue weighted by atomic mass is 19.1. The number of methoxy groups -OCH3 is 2. The average Bonchev–Trinajstić information content (AvgIpc) is 2.76. The minimum absolute atomic E-state index is 0.133. The molecule has 1 aromatic carbocycles. The van der Waals surface area contributed by atoms with Gasteiger partial charge in [0.25, 0.3) is 0 Å². The maximum Gasteiger partial charge on any atom is 0.309 e. The van der Waals surface area contributed by atoms with Gasteiger partial charge in [0.2, 0.25) is 0 Å². The first-order chi connectivity index (χ1) is 15.8. The number of ether oxygens (including phenoxy) is 3. The molecule has 3 rings (SSSR count). The molecule has 33 heavy (non-hydrogen) atoms. The van der Waals surface area contributed by atoms with Crippen LogP contribution in [0.4, 0.5) is 4.39 Å². The Balaban J connectivity index is 1.72. The lowest BCUT2D eigenvalue weighted by Crippen LogP contribution is -2.33. The van der Waals surface area contributed by atoms with E-state index in [1.165, 1.54) is 38.6 Å². The number of hydrogen-bond donors (Lipinski definition) is 1. The number of hydrogen-bond acceptors (Lipinski definition) is 7. The van der Waals surface area contributed by atoms with Crippen molar-refractivity contribution in [3.05, 3.63) is 47.5 Å². The van der Waals surface area contributed by atoms with E-state index in [0.29, 0.717) is 11.7 Å². The van der Waals surface area contributed by atoms with Crippen LogP contribution in [0.1, 0.15) is 61.5 Å². The standard InChI is InChI=1S/C25H30FNO6/c1-14(12-19(28)23-24(29)20(31-3)10-11-27-23)25(30)33-15(2)22(16-6-5-7-16)18-9-8-17(26)13-21(18)32-4/h8-11,13-16,22,29H,5-7,12H2,1-4H3/t14-,15+,22-/m1/s1. The third-order valence-electron chi connectivity index (χ3n) is 6.29. The highest BCUT2D eigenvalue weighted by Crippen LogP contribution is 2.45. The summed E-state index contributed by atoms with van der Waals surface area (Å²) in [6.45, 7) is 3.41. The van der Waals surface area contributed by atoms with E-state index >= 15 is 0 Å². The summed E-state index contributed by atoms with van der Waals surface area (Å²) in [6, 6.07) is 5.85. The summed E-state index contributed by atoms with van der Waals surface area (Å²) >= 11 is 0. The lowest BCUT2D eigenvalue weighted by molar-refractivity contribution is -0.154. The van der Waals surface area contributed by atoms with E-state index in [1.54, 1.807) is 13.0 Å². The van der Waals surface area contributed by atoms with Crippen LogP contribution in [0.25, 0.3) is 0 Å². The lowest BCUT2D eigenvalue weighted by atomic mass is 9.70. The molecule has 7 nitrogen and oxygen atoms in total. The third kappa shape index (κ3) is 5.43. The molecule has 0 amide bonds. The van der Waals surface area contributed by atoms with Crippen LogP contribution in [0.2, 0.25) is 0 Å². The second kappa shape index (κ2) is 10.6. The topological polar surface area (TPSA) is 95.0 Å². The molecule has 0 bridgehead atoms. The predicted molar refractivity (Wildman–Crippen MR) is 119 cm³/mol. The van der Waals surface area contributed by atoms with Gasteiger partial charge in [-0.05, 0) is 31.7 Å². The van der Waals surface area contributed by atoms with Crippen LogP contribution in [-0.2, 0) is 9.53 Å². The van der Waals surface area contributed by atoms with Crippen molar-refractivity contribution in [1.82, 2.24) is 4.98 Å². The van der Waals surface area contributed by atoms with Crippen LogP contribution in [0.5, 0.6) is 17.2 Å². The van der Waals surface area contributed by atoms with E-state index in [2.05, 4.69) is 4.98 Å². The summed E-state index contributed by atoms with van der Waals surface area (Å²) in [5.41, 5.74) is 0.656. The Morgan fingerprint density at radius 3 is 2.45 bits per heavy atom. The highest BCUT2D eigenvalue weighted by Gasteiger charge is 2.37. The zero-order valence-corrected chi connectivity index (χ0v) is 19.3. The third-order valence-corrected chi connectivity index (χ3v) is 6.29. The molecular weight excluding hydrogens is 429 g/mol. The molecule has 1 aliphatic carbocycles. The van der Waals surface area contributed by atoms with Crippen molar-refractivity contribution < 1.29 is 33.3 Å². The largest absolute Gasteiger partial charge is 0.503 e. The predicted octanol–water partition coefficient (Wildman–Crippen LogP) is 4.67. The van der Waals surface area contributed by atoms with Crippen LogP contribution >= 0.6 is 0 Å². The zero-order valence-electron chi connectivity index (χ0n) is 19.3. The fourth-order valence-electron chi connectivity index (χ4n) is 4.29. The number of carbonyl (C=O) groups is 2. The number of pyridine rings is 1. The van der Waals surface area contributed by atoms with Crippen LogP contribution in [-0.4, -0.2) is 42.2 Å². The summed E-state index contributed by atoms with van der Waals surface area (Å²) in [4.78, 5) is 29.4. The maximum atomic E-state index is 13.7. The van der Waals surface area contributed by atoms with E-state index in [-0.39, 0.29) is 29.5 Å². The SMILES string of the molecule is COc1cc(F)ccc1[C@@H](C1CCC1)[C@H](C)OC(=O)[C@H](C)CC(=O)c1nccc(OC)c1O. The zero-order chi connectivity index (χ0) is 24.1. The Morgan fingerprint density at radius 1 is 1.15 bits per heavy atom. The molecule has 1 heterocycles. The molecule has 1 aliphatic rings. The second-order valence-electron chi connectivity index (χ2n) is 8.48. The van der Waals surface area contributed by atoms with Gasteiger partial charge in [-0.25, -0.2) is 9.37 Å². The first-order valence-corrected chi connectivity index (χ1v) is 11.1. The molecule has 1 saturated carbocycles. The molecule has 1 aromatic heterocycles. The molecule has 1 fully saturated rings. The van der Waals surface area contributed by atoms with Crippen molar-refractivity contribution >= 4 is 11.8 Å². The number of nitrogens with zero attached hydrogens (tertiary/aromatic N) is 1. The van der Waals surface area contributed by atoms with Crippen molar-refractivity contribution in [2.24, 2.45) is 11.8 Å². The van der Waals surface area contributed by atoms with Gasteiger partial charge < -0.3 is 19.3 Å². The van der Waals surface area contributed by atoms with Crippen molar-refractivity contribution in [3.8, 4) is 17.2 Å². The molecule has 2 aromatic rings. The van der Waals surface area contributed by atoms with E-state index in [0.717, 1.165) is 24.8 Å². The quantitative estimate of drug-likeness (QED) is 0.408. The van der Waals surface area contributed by atoms with Gasteiger partial charge in [0, 0.05) is 36.2 Å². The van der Waals surface area contributed by atoms with Crippen molar-refractivity contribution in [2.75, 3.05) is 14.2 Å². The summed E-state index contributed by atoms with van der Waals surface area (Å²) < 4.78 is 29.9. The maximum absolute atomic E-state index is 13.7. The van der Waals surface area contributed by atoms with Gasteiger partial charge in [-0.15, -0.1) is 0 Å². The first-order valence-electron chi connectivity index (χ1n) is 11.1. The Hall–Kier alpha value is -3.16.